The number of amides is 1. The molecule has 1 fully saturated rings. The quantitative estimate of drug-likeness (QED) is 0.801. The third-order valence-electron chi connectivity index (χ3n) is 4.82. The molecule has 0 aliphatic carbocycles. The molecule has 2 heterocycles. The van der Waals surface area contributed by atoms with Crippen molar-refractivity contribution in [3.63, 3.8) is 0 Å². The molecule has 4 nitrogen and oxygen atoms in total. The number of anilines is 2. The maximum Gasteiger partial charge on any atom is 0.250 e. The van der Waals surface area contributed by atoms with Crippen LogP contribution >= 0.6 is 0 Å². The third kappa shape index (κ3) is 3.14. The fourth-order valence-electron chi connectivity index (χ4n) is 3.48. The zero-order chi connectivity index (χ0) is 17.3. The van der Waals surface area contributed by atoms with Crippen molar-refractivity contribution < 1.29 is 4.79 Å². The van der Waals surface area contributed by atoms with Crippen LogP contribution in [0, 0.1) is 5.41 Å². The molecule has 4 heteroatoms. The summed E-state index contributed by atoms with van der Waals surface area (Å²) in [5.74, 6) is 0.936. The highest BCUT2D eigenvalue weighted by Gasteiger charge is 2.27. The molecule has 1 aliphatic rings. The van der Waals surface area contributed by atoms with Gasteiger partial charge in [0.25, 0.3) is 0 Å². The fourth-order valence-corrected chi connectivity index (χ4v) is 3.48. The van der Waals surface area contributed by atoms with Gasteiger partial charge in [-0.05, 0) is 54.0 Å². The second-order valence-corrected chi connectivity index (χ2v) is 7.33. The van der Waals surface area contributed by atoms with Crippen molar-refractivity contribution in [2.24, 2.45) is 5.41 Å². The summed E-state index contributed by atoms with van der Waals surface area (Å²) in [6.07, 6.45) is 5.64. The molecular weight excluding hydrogens is 298 g/mol. The number of rotatable bonds is 3. The van der Waals surface area contributed by atoms with E-state index in [9.17, 15) is 4.79 Å². The maximum atomic E-state index is 11.8. The Morgan fingerprint density at radius 1 is 1.38 bits per heavy atom. The Kier molecular flexibility index (Phi) is 4.31. The summed E-state index contributed by atoms with van der Waals surface area (Å²) in [6.45, 7) is 10.3. The van der Waals surface area contributed by atoms with Crippen LogP contribution in [0.1, 0.15) is 26.7 Å². The number of piperidine rings is 1. The second kappa shape index (κ2) is 6.27. The van der Waals surface area contributed by atoms with Gasteiger partial charge in [0, 0.05) is 37.4 Å². The van der Waals surface area contributed by atoms with Crippen LogP contribution in [0.15, 0.2) is 43.1 Å². The standard InChI is InChI=1S/C20H25N3O/c1-5-18(24)22(4)16-7-8-17-15(13-16)9-11-21-19(17)23-12-6-10-20(2,3)14-23/h5,7-9,11,13H,1,6,10,12,14H2,2-4H3. The van der Waals surface area contributed by atoms with Crippen LogP contribution < -0.4 is 9.80 Å². The van der Waals surface area contributed by atoms with E-state index >= 15 is 0 Å². The largest absolute Gasteiger partial charge is 0.356 e. The molecule has 0 spiro atoms. The van der Waals surface area contributed by atoms with Crippen molar-refractivity contribution >= 4 is 28.2 Å². The average Bonchev–Trinajstić information content (AvgIpc) is 2.58. The summed E-state index contributed by atoms with van der Waals surface area (Å²) in [7, 11) is 1.76. The molecule has 0 unspecified atom stereocenters. The summed E-state index contributed by atoms with van der Waals surface area (Å²) < 4.78 is 0. The predicted molar refractivity (Wildman–Crippen MR) is 101 cm³/mol. The number of aromatic nitrogens is 1. The topological polar surface area (TPSA) is 36.4 Å². The number of nitrogens with zero attached hydrogens (tertiary/aromatic N) is 3. The lowest BCUT2D eigenvalue weighted by Crippen LogP contribution is -2.40. The predicted octanol–water partition coefficient (Wildman–Crippen LogP) is 4.01. The van der Waals surface area contributed by atoms with Gasteiger partial charge in [0.05, 0.1) is 0 Å². The van der Waals surface area contributed by atoms with Gasteiger partial charge in [-0.1, -0.05) is 20.4 Å². The SMILES string of the molecule is C=CC(=O)N(C)c1ccc2c(N3CCCC(C)(C)C3)nccc2c1. The normalized spacial score (nSPS) is 16.9. The van der Waals surface area contributed by atoms with Crippen LogP contribution in [0.5, 0.6) is 0 Å². The van der Waals surface area contributed by atoms with Crippen molar-refractivity contribution in [1.82, 2.24) is 4.98 Å². The minimum Gasteiger partial charge on any atom is -0.356 e. The average molecular weight is 323 g/mol. The summed E-state index contributed by atoms with van der Waals surface area (Å²) in [6, 6.07) is 8.09. The molecule has 1 aromatic carbocycles. The van der Waals surface area contributed by atoms with Gasteiger partial charge < -0.3 is 9.80 Å². The Balaban J connectivity index is 1.99. The molecule has 1 saturated heterocycles. The first-order chi connectivity index (χ1) is 11.4. The summed E-state index contributed by atoms with van der Waals surface area (Å²) in [5, 5.41) is 2.24. The molecule has 24 heavy (non-hydrogen) atoms. The number of hydrogen-bond acceptors (Lipinski definition) is 3. The zero-order valence-corrected chi connectivity index (χ0v) is 14.7. The first kappa shape index (κ1) is 16.5. The zero-order valence-electron chi connectivity index (χ0n) is 14.7. The van der Waals surface area contributed by atoms with E-state index in [0.717, 1.165) is 35.4 Å². The summed E-state index contributed by atoms with van der Waals surface area (Å²) in [4.78, 5) is 20.5. The highest BCUT2D eigenvalue weighted by atomic mass is 16.2. The lowest BCUT2D eigenvalue weighted by molar-refractivity contribution is -0.113. The molecule has 0 bridgehead atoms. The van der Waals surface area contributed by atoms with Gasteiger partial charge in [-0.3, -0.25) is 4.79 Å². The number of carbonyl (C=O) groups is 1. The number of fused-ring (bicyclic) bond motifs is 1. The molecule has 1 aliphatic heterocycles. The first-order valence-corrected chi connectivity index (χ1v) is 8.45. The highest BCUT2D eigenvalue weighted by molar-refractivity contribution is 6.03. The van der Waals surface area contributed by atoms with Gasteiger partial charge in [0.2, 0.25) is 5.91 Å². The minimum absolute atomic E-state index is 0.110. The first-order valence-electron chi connectivity index (χ1n) is 8.45. The van der Waals surface area contributed by atoms with E-state index in [0.29, 0.717) is 5.41 Å². The Morgan fingerprint density at radius 3 is 2.88 bits per heavy atom. The minimum atomic E-state index is -0.110. The van der Waals surface area contributed by atoms with Crippen LogP contribution in [-0.4, -0.2) is 31.0 Å². The van der Waals surface area contributed by atoms with Crippen LogP contribution in [0.25, 0.3) is 10.8 Å². The summed E-state index contributed by atoms with van der Waals surface area (Å²) >= 11 is 0. The maximum absolute atomic E-state index is 11.8. The van der Waals surface area contributed by atoms with Gasteiger partial charge in [0.15, 0.2) is 0 Å². The molecule has 0 atom stereocenters. The molecule has 1 amide bonds. The van der Waals surface area contributed by atoms with Crippen molar-refractivity contribution in [2.75, 3.05) is 29.9 Å². The number of carbonyl (C=O) groups excluding carboxylic acids is 1. The molecule has 0 N–H and O–H groups in total. The van der Waals surface area contributed by atoms with E-state index < -0.39 is 0 Å². The highest BCUT2D eigenvalue weighted by Crippen LogP contribution is 2.34. The van der Waals surface area contributed by atoms with E-state index in [2.05, 4.69) is 36.4 Å². The van der Waals surface area contributed by atoms with Crippen LogP contribution in [0.4, 0.5) is 11.5 Å². The van der Waals surface area contributed by atoms with Crippen molar-refractivity contribution in [1.29, 1.82) is 0 Å². The van der Waals surface area contributed by atoms with Crippen molar-refractivity contribution in [3.8, 4) is 0 Å². The van der Waals surface area contributed by atoms with Gasteiger partial charge in [-0.15, -0.1) is 0 Å². The Labute approximate surface area is 143 Å². The number of likely N-dealkylation sites (N-methyl/N-ethyl adjacent to an activating group) is 1. The van der Waals surface area contributed by atoms with Crippen LogP contribution in [-0.2, 0) is 4.79 Å². The molecular formula is C20H25N3O. The molecule has 1 aromatic heterocycles. The molecule has 126 valence electrons. The molecule has 2 aromatic rings. The summed E-state index contributed by atoms with van der Waals surface area (Å²) in [5.41, 5.74) is 1.18. The number of pyridine rings is 1. The van der Waals surface area contributed by atoms with Crippen molar-refractivity contribution in [2.45, 2.75) is 26.7 Å². The van der Waals surface area contributed by atoms with Gasteiger partial charge in [-0.2, -0.15) is 0 Å². The Hall–Kier alpha value is -2.36. The van der Waals surface area contributed by atoms with E-state index in [1.165, 1.54) is 18.9 Å². The number of benzene rings is 1. The van der Waals surface area contributed by atoms with Gasteiger partial charge in [-0.25, -0.2) is 4.98 Å². The Morgan fingerprint density at radius 2 is 2.17 bits per heavy atom. The second-order valence-electron chi connectivity index (χ2n) is 7.33. The molecule has 0 radical (unpaired) electrons. The van der Waals surface area contributed by atoms with Crippen molar-refractivity contribution in [3.05, 3.63) is 43.1 Å². The smallest absolute Gasteiger partial charge is 0.250 e. The van der Waals surface area contributed by atoms with E-state index in [4.69, 9.17) is 0 Å². The van der Waals surface area contributed by atoms with Gasteiger partial charge in [0.1, 0.15) is 5.82 Å². The molecule has 0 saturated carbocycles. The monoisotopic (exact) mass is 323 g/mol. The Bertz CT molecular complexity index is 782. The molecule has 3 rings (SSSR count). The van der Waals surface area contributed by atoms with E-state index in [1.54, 1.807) is 11.9 Å². The van der Waals surface area contributed by atoms with E-state index in [-0.39, 0.29) is 5.91 Å². The lowest BCUT2D eigenvalue weighted by Gasteiger charge is -2.39. The van der Waals surface area contributed by atoms with Gasteiger partial charge >= 0.3 is 0 Å². The van der Waals surface area contributed by atoms with E-state index in [1.807, 2.05) is 24.4 Å². The third-order valence-corrected chi connectivity index (χ3v) is 4.82. The number of hydrogen-bond donors (Lipinski definition) is 0. The van der Waals surface area contributed by atoms with Crippen LogP contribution in [0.3, 0.4) is 0 Å². The van der Waals surface area contributed by atoms with Crippen LogP contribution in [0.2, 0.25) is 0 Å². The fraction of sp³-hybridized carbons (Fsp3) is 0.400. The lowest BCUT2D eigenvalue weighted by atomic mass is 9.84.